The van der Waals surface area contributed by atoms with Crippen LogP contribution in [0.3, 0.4) is 0 Å². The number of carbonyl (C=O) groups is 3. The van der Waals surface area contributed by atoms with Crippen LogP contribution >= 0.6 is 12.6 Å². The molecule has 1 heterocycles. The normalized spacial score (nSPS) is 14.9. The largest absolute Gasteiger partial charge is 0.396 e. The maximum atomic E-state index is 11.6. The van der Waals surface area contributed by atoms with Gasteiger partial charge in [-0.1, -0.05) is 6.92 Å². The monoisotopic (exact) mass is 302 g/mol. The van der Waals surface area contributed by atoms with Gasteiger partial charge in [0.1, 0.15) is 0 Å². The van der Waals surface area contributed by atoms with Crippen molar-refractivity contribution >= 4 is 30.4 Å². The summed E-state index contributed by atoms with van der Waals surface area (Å²) in [7, 11) is 1.62. The first-order chi connectivity index (χ1) is 9.51. The minimum absolute atomic E-state index is 0.0648. The number of nitrogens with zero attached hydrogens (tertiary/aromatic N) is 2. The zero-order valence-corrected chi connectivity index (χ0v) is 13.0. The van der Waals surface area contributed by atoms with Crippen molar-refractivity contribution in [3.8, 4) is 0 Å². The number of carbonyl (C=O) groups excluding carboxylic acids is 3. The second kappa shape index (κ2) is 9.55. The number of aliphatic hydroxyl groups excluding tert-OH is 1. The Morgan fingerprint density at radius 2 is 1.85 bits per heavy atom. The number of imide groups is 1. The molecule has 0 fully saturated rings. The van der Waals surface area contributed by atoms with Gasteiger partial charge in [0.15, 0.2) is 0 Å². The molecule has 0 bridgehead atoms. The molecule has 1 aliphatic heterocycles. The molecular formula is C13H22N2O4S. The molecular weight excluding hydrogens is 280 g/mol. The Bertz CT molecular complexity index is 367. The molecule has 0 aromatic rings. The van der Waals surface area contributed by atoms with Gasteiger partial charge in [0.25, 0.3) is 11.8 Å². The molecule has 6 nitrogen and oxygen atoms in total. The summed E-state index contributed by atoms with van der Waals surface area (Å²) >= 11 is 3.53. The van der Waals surface area contributed by atoms with E-state index in [0.717, 1.165) is 4.90 Å². The number of thiol groups is 1. The summed E-state index contributed by atoms with van der Waals surface area (Å²) in [5, 5.41) is 9.01. The molecule has 0 aromatic carbocycles. The number of amides is 3. The van der Waals surface area contributed by atoms with Crippen molar-refractivity contribution < 1.29 is 19.5 Å². The zero-order chi connectivity index (χ0) is 15.7. The van der Waals surface area contributed by atoms with E-state index in [1.165, 1.54) is 17.1 Å². The smallest absolute Gasteiger partial charge is 0.253 e. The molecule has 1 aliphatic rings. The highest BCUT2D eigenvalue weighted by molar-refractivity contribution is 7.79. The fourth-order valence-electron chi connectivity index (χ4n) is 1.91. The third kappa shape index (κ3) is 4.97. The number of hydrogen-bond donors (Lipinski definition) is 2. The molecule has 114 valence electrons. The third-order valence-corrected chi connectivity index (χ3v) is 2.88. The van der Waals surface area contributed by atoms with Crippen molar-refractivity contribution in [2.24, 2.45) is 0 Å². The summed E-state index contributed by atoms with van der Waals surface area (Å²) in [6, 6.07) is -0.481. The molecule has 20 heavy (non-hydrogen) atoms. The lowest BCUT2D eigenvalue weighted by atomic mass is 10.1. The number of hydrogen-bond acceptors (Lipinski definition) is 5. The van der Waals surface area contributed by atoms with Gasteiger partial charge in [0.2, 0.25) is 5.91 Å². The van der Waals surface area contributed by atoms with Crippen molar-refractivity contribution in [1.29, 1.82) is 0 Å². The Kier molecular flexibility index (Phi) is 8.91. The molecule has 1 atom stereocenters. The van der Waals surface area contributed by atoms with Gasteiger partial charge in [-0.3, -0.25) is 19.3 Å². The maximum Gasteiger partial charge on any atom is 0.253 e. The van der Waals surface area contributed by atoms with Crippen molar-refractivity contribution in [3.63, 3.8) is 0 Å². The van der Waals surface area contributed by atoms with Crippen molar-refractivity contribution in [2.45, 2.75) is 25.8 Å². The van der Waals surface area contributed by atoms with E-state index in [0.29, 0.717) is 6.42 Å². The Labute approximate surface area is 124 Å². The van der Waals surface area contributed by atoms with Crippen LogP contribution in [0, 0.1) is 0 Å². The zero-order valence-electron chi connectivity index (χ0n) is 12.1. The minimum Gasteiger partial charge on any atom is -0.396 e. The van der Waals surface area contributed by atoms with Crippen molar-refractivity contribution in [2.75, 3.05) is 26.5 Å². The average molecular weight is 302 g/mol. The highest BCUT2D eigenvalue weighted by Gasteiger charge is 2.31. The number of aliphatic hydroxyl groups is 1. The predicted molar refractivity (Wildman–Crippen MR) is 79.3 cm³/mol. The van der Waals surface area contributed by atoms with Crippen LogP contribution < -0.4 is 0 Å². The Morgan fingerprint density at radius 1 is 1.35 bits per heavy atom. The topological polar surface area (TPSA) is 77.9 Å². The van der Waals surface area contributed by atoms with Crippen LogP contribution in [0.4, 0.5) is 0 Å². The molecule has 1 rings (SSSR count). The second-order valence-electron chi connectivity index (χ2n) is 4.17. The van der Waals surface area contributed by atoms with Gasteiger partial charge in [-0.05, 0) is 12.7 Å². The molecule has 0 aromatic heterocycles. The maximum absolute atomic E-state index is 11.6. The number of rotatable bonds is 6. The summed E-state index contributed by atoms with van der Waals surface area (Å²) in [4.78, 5) is 37.2. The lowest BCUT2D eigenvalue weighted by Crippen LogP contribution is -2.47. The lowest BCUT2D eigenvalue weighted by molar-refractivity contribution is -0.142. The number of likely N-dealkylation sites (N-methyl/N-ethyl adjacent to an activating group) is 1. The highest BCUT2D eigenvalue weighted by Crippen LogP contribution is 2.13. The van der Waals surface area contributed by atoms with Gasteiger partial charge in [-0.15, -0.1) is 0 Å². The Morgan fingerprint density at radius 3 is 2.25 bits per heavy atom. The van der Waals surface area contributed by atoms with Gasteiger partial charge >= 0.3 is 0 Å². The van der Waals surface area contributed by atoms with E-state index < -0.39 is 17.9 Å². The Hall–Kier alpha value is -1.34. The first-order valence-electron chi connectivity index (χ1n) is 6.36. The van der Waals surface area contributed by atoms with Crippen LogP contribution in [0.2, 0.25) is 0 Å². The summed E-state index contributed by atoms with van der Waals surface area (Å²) in [5.74, 6) is -0.850. The third-order valence-electron chi connectivity index (χ3n) is 2.88. The first kappa shape index (κ1) is 18.7. The van der Waals surface area contributed by atoms with Crippen LogP contribution in [-0.2, 0) is 14.4 Å². The van der Waals surface area contributed by atoms with Crippen LogP contribution in [0.1, 0.15) is 19.8 Å². The quantitative estimate of drug-likeness (QED) is 0.538. The Balaban J connectivity index is 0.00000172. The molecule has 0 saturated carbocycles. The minimum atomic E-state index is -0.481. The fraction of sp³-hybridized carbons (Fsp3) is 0.615. The van der Waals surface area contributed by atoms with Crippen molar-refractivity contribution in [1.82, 2.24) is 9.80 Å². The fourth-order valence-corrected chi connectivity index (χ4v) is 1.91. The molecule has 1 N–H and O–H groups in total. The van der Waals surface area contributed by atoms with Gasteiger partial charge in [-0.2, -0.15) is 12.6 Å². The van der Waals surface area contributed by atoms with E-state index in [1.807, 2.05) is 0 Å². The van der Waals surface area contributed by atoms with Gasteiger partial charge in [-0.25, -0.2) is 0 Å². The first-order valence-corrected chi connectivity index (χ1v) is 7.25. The summed E-state index contributed by atoms with van der Waals surface area (Å²) < 4.78 is 0. The molecule has 7 heteroatoms. The predicted octanol–water partition coefficient (Wildman–Crippen LogP) is 0.0768. The average Bonchev–Trinajstić information content (AvgIpc) is 2.79. The molecule has 0 saturated heterocycles. The van der Waals surface area contributed by atoms with E-state index >= 15 is 0 Å². The van der Waals surface area contributed by atoms with Gasteiger partial charge < -0.3 is 10.0 Å². The highest BCUT2D eigenvalue weighted by atomic mass is 32.1. The standard InChI is InChI=1S/C12H18N2O4.CH4S/c1-3-10(16)13(2)8-9(6-7-15)14-11(17)4-5-12(14)18;1-2/h4-5,9,15H,3,6-8H2,1-2H3;2H,1H3. The second-order valence-corrected chi connectivity index (χ2v) is 4.17. The van der Waals surface area contributed by atoms with Gasteiger partial charge in [0, 0.05) is 38.8 Å². The van der Waals surface area contributed by atoms with E-state index in [2.05, 4.69) is 12.6 Å². The summed E-state index contributed by atoms with van der Waals surface area (Å²) in [6.07, 6.45) is 4.73. The summed E-state index contributed by atoms with van der Waals surface area (Å²) in [5.41, 5.74) is 0. The summed E-state index contributed by atoms with van der Waals surface area (Å²) in [6.45, 7) is 1.84. The lowest BCUT2D eigenvalue weighted by Gasteiger charge is -2.29. The SMILES string of the molecule is CCC(=O)N(C)CC(CCO)N1C(=O)C=CC1=O.CS. The van der Waals surface area contributed by atoms with Crippen LogP contribution in [0.15, 0.2) is 12.2 Å². The molecule has 0 spiro atoms. The molecule has 1 unspecified atom stereocenters. The van der Waals surface area contributed by atoms with E-state index in [-0.39, 0.29) is 25.5 Å². The molecule has 3 amide bonds. The van der Waals surface area contributed by atoms with E-state index in [1.54, 1.807) is 20.2 Å². The van der Waals surface area contributed by atoms with Crippen LogP contribution in [0.25, 0.3) is 0 Å². The van der Waals surface area contributed by atoms with E-state index in [9.17, 15) is 14.4 Å². The van der Waals surface area contributed by atoms with Crippen LogP contribution in [0.5, 0.6) is 0 Å². The van der Waals surface area contributed by atoms with Crippen molar-refractivity contribution in [3.05, 3.63) is 12.2 Å². The molecule has 0 aliphatic carbocycles. The molecule has 0 radical (unpaired) electrons. The van der Waals surface area contributed by atoms with E-state index in [4.69, 9.17) is 5.11 Å². The van der Waals surface area contributed by atoms with Crippen LogP contribution in [-0.4, -0.2) is 65.1 Å². The van der Waals surface area contributed by atoms with Gasteiger partial charge in [0.05, 0.1) is 6.04 Å².